The lowest BCUT2D eigenvalue weighted by Gasteiger charge is -2.33. The van der Waals surface area contributed by atoms with Gasteiger partial charge in [-0.25, -0.2) is 0 Å². The van der Waals surface area contributed by atoms with Crippen molar-refractivity contribution in [2.24, 2.45) is 5.92 Å². The maximum Gasteiger partial charge on any atom is 0.389 e. The predicted octanol–water partition coefficient (Wildman–Crippen LogP) is 1.13. The fourth-order valence-corrected chi connectivity index (χ4v) is 3.47. The van der Waals surface area contributed by atoms with Crippen LogP contribution in [0.15, 0.2) is 12.3 Å². The zero-order chi connectivity index (χ0) is 16.2. The van der Waals surface area contributed by atoms with E-state index in [0.717, 1.165) is 32.5 Å². The van der Waals surface area contributed by atoms with Crippen LogP contribution >= 0.6 is 0 Å². The van der Waals surface area contributed by atoms with Crippen molar-refractivity contribution in [3.63, 3.8) is 0 Å². The van der Waals surface area contributed by atoms with Crippen LogP contribution in [0.2, 0.25) is 0 Å². The van der Waals surface area contributed by atoms with Gasteiger partial charge in [0.25, 0.3) is 0 Å². The number of nitro groups is 1. The zero-order valence-corrected chi connectivity index (χ0v) is 13.3. The molecule has 0 N–H and O–H groups in total. The highest BCUT2D eigenvalue weighted by atomic mass is 16.6. The standard InChI is InChI=1S/C15H23N5O3/c21-15(12-19-10-5-14(16-19)20(22)23)18-8-3-13(4-9-18)11-17-6-1-2-7-17/h5,10,13H,1-4,6-9,11-12H2. The zero-order valence-electron chi connectivity index (χ0n) is 13.3. The summed E-state index contributed by atoms with van der Waals surface area (Å²) >= 11 is 0. The van der Waals surface area contributed by atoms with Crippen LogP contribution in [0, 0.1) is 16.0 Å². The van der Waals surface area contributed by atoms with Gasteiger partial charge in [0.1, 0.15) is 6.54 Å². The van der Waals surface area contributed by atoms with E-state index in [-0.39, 0.29) is 18.3 Å². The molecular weight excluding hydrogens is 298 g/mol. The molecule has 2 fully saturated rings. The topological polar surface area (TPSA) is 84.5 Å². The summed E-state index contributed by atoms with van der Waals surface area (Å²) in [4.78, 5) is 26.7. The minimum atomic E-state index is -0.551. The summed E-state index contributed by atoms with van der Waals surface area (Å²) in [5.41, 5.74) is 0. The highest BCUT2D eigenvalue weighted by Gasteiger charge is 2.26. The van der Waals surface area contributed by atoms with Crippen molar-refractivity contribution in [3.8, 4) is 0 Å². The lowest BCUT2D eigenvalue weighted by Crippen LogP contribution is -2.42. The number of aromatic nitrogens is 2. The summed E-state index contributed by atoms with van der Waals surface area (Å²) in [6, 6.07) is 1.32. The molecule has 3 rings (SSSR count). The van der Waals surface area contributed by atoms with Gasteiger partial charge in [0.15, 0.2) is 0 Å². The Morgan fingerprint density at radius 1 is 1.26 bits per heavy atom. The number of amides is 1. The molecule has 0 saturated carbocycles. The first-order valence-corrected chi connectivity index (χ1v) is 8.30. The smallest absolute Gasteiger partial charge is 0.358 e. The highest BCUT2D eigenvalue weighted by molar-refractivity contribution is 5.76. The Kier molecular flexibility index (Phi) is 4.90. The number of hydrogen-bond donors (Lipinski definition) is 0. The molecule has 0 radical (unpaired) electrons. The third-order valence-electron chi connectivity index (χ3n) is 4.79. The van der Waals surface area contributed by atoms with E-state index in [2.05, 4.69) is 10.00 Å². The van der Waals surface area contributed by atoms with Crippen LogP contribution in [0.3, 0.4) is 0 Å². The molecular formula is C15H23N5O3. The van der Waals surface area contributed by atoms with Crippen molar-refractivity contribution in [1.82, 2.24) is 19.6 Å². The number of nitrogens with zero attached hydrogens (tertiary/aromatic N) is 5. The molecule has 0 aliphatic carbocycles. The van der Waals surface area contributed by atoms with Gasteiger partial charge in [0, 0.05) is 19.6 Å². The lowest BCUT2D eigenvalue weighted by atomic mass is 9.96. The molecule has 0 aromatic carbocycles. The summed E-state index contributed by atoms with van der Waals surface area (Å²) in [6.45, 7) is 5.23. The lowest BCUT2D eigenvalue weighted by molar-refractivity contribution is -0.389. The number of likely N-dealkylation sites (tertiary alicyclic amines) is 2. The van der Waals surface area contributed by atoms with Gasteiger partial charge < -0.3 is 19.9 Å². The van der Waals surface area contributed by atoms with Gasteiger partial charge >= 0.3 is 5.82 Å². The fraction of sp³-hybridized carbons (Fsp3) is 0.733. The minimum Gasteiger partial charge on any atom is -0.358 e. The van der Waals surface area contributed by atoms with Crippen LogP contribution in [0.1, 0.15) is 25.7 Å². The number of carbonyl (C=O) groups excluding carboxylic acids is 1. The van der Waals surface area contributed by atoms with Crippen molar-refractivity contribution in [2.45, 2.75) is 32.2 Å². The summed E-state index contributed by atoms with van der Waals surface area (Å²) in [6.07, 6.45) is 6.19. The number of rotatable bonds is 5. The average molecular weight is 321 g/mol. The first-order valence-electron chi connectivity index (χ1n) is 8.30. The largest absolute Gasteiger partial charge is 0.389 e. The van der Waals surface area contributed by atoms with Gasteiger partial charge in [0.05, 0.1) is 17.4 Å². The predicted molar refractivity (Wildman–Crippen MR) is 83.9 cm³/mol. The molecule has 126 valence electrons. The van der Waals surface area contributed by atoms with E-state index in [0.29, 0.717) is 5.92 Å². The first-order chi connectivity index (χ1) is 11.1. The average Bonchev–Trinajstić information content (AvgIpc) is 3.19. The van der Waals surface area contributed by atoms with E-state index < -0.39 is 4.92 Å². The van der Waals surface area contributed by atoms with E-state index in [1.807, 2.05) is 4.90 Å². The summed E-state index contributed by atoms with van der Waals surface area (Å²) in [7, 11) is 0. The second kappa shape index (κ2) is 7.08. The molecule has 23 heavy (non-hydrogen) atoms. The molecule has 8 heteroatoms. The molecule has 3 heterocycles. The fourth-order valence-electron chi connectivity index (χ4n) is 3.47. The van der Waals surface area contributed by atoms with Crippen LogP contribution in [-0.2, 0) is 11.3 Å². The van der Waals surface area contributed by atoms with Gasteiger partial charge in [-0.2, -0.15) is 4.68 Å². The molecule has 8 nitrogen and oxygen atoms in total. The van der Waals surface area contributed by atoms with Gasteiger partial charge in [0.2, 0.25) is 5.91 Å². The third-order valence-corrected chi connectivity index (χ3v) is 4.79. The maximum absolute atomic E-state index is 12.3. The van der Waals surface area contributed by atoms with Crippen molar-refractivity contribution in [1.29, 1.82) is 0 Å². The van der Waals surface area contributed by atoms with Crippen LogP contribution < -0.4 is 0 Å². The SMILES string of the molecule is O=C(Cn1ccc([N+](=O)[O-])n1)N1CCC(CN2CCCC2)CC1. The van der Waals surface area contributed by atoms with Crippen LogP contribution in [0.25, 0.3) is 0 Å². The highest BCUT2D eigenvalue weighted by Crippen LogP contribution is 2.21. The van der Waals surface area contributed by atoms with Crippen molar-refractivity contribution in [3.05, 3.63) is 22.4 Å². The third kappa shape index (κ3) is 4.07. The van der Waals surface area contributed by atoms with Gasteiger partial charge in [-0.3, -0.25) is 4.79 Å². The van der Waals surface area contributed by atoms with Crippen LogP contribution in [0.4, 0.5) is 5.82 Å². The Labute approximate surface area is 135 Å². The Hall–Kier alpha value is -1.96. The van der Waals surface area contributed by atoms with Crippen molar-refractivity contribution >= 4 is 11.7 Å². The molecule has 0 spiro atoms. The van der Waals surface area contributed by atoms with E-state index in [1.54, 1.807) is 0 Å². The Morgan fingerprint density at radius 3 is 2.57 bits per heavy atom. The monoisotopic (exact) mass is 321 g/mol. The quantitative estimate of drug-likeness (QED) is 0.599. The minimum absolute atomic E-state index is 0.0115. The first kappa shape index (κ1) is 15.9. The Morgan fingerprint density at radius 2 is 1.96 bits per heavy atom. The molecule has 1 amide bonds. The number of hydrogen-bond acceptors (Lipinski definition) is 5. The van der Waals surface area contributed by atoms with Gasteiger partial charge in [-0.1, -0.05) is 0 Å². The summed E-state index contributed by atoms with van der Waals surface area (Å²) < 4.78 is 1.34. The summed E-state index contributed by atoms with van der Waals surface area (Å²) in [5, 5.41) is 14.4. The van der Waals surface area contributed by atoms with E-state index in [1.165, 1.54) is 42.9 Å². The second-order valence-corrected chi connectivity index (χ2v) is 6.46. The molecule has 0 unspecified atom stereocenters. The Bertz CT molecular complexity index is 559. The van der Waals surface area contributed by atoms with E-state index >= 15 is 0 Å². The molecule has 2 aliphatic heterocycles. The van der Waals surface area contributed by atoms with Crippen LogP contribution in [0.5, 0.6) is 0 Å². The number of piperidine rings is 1. The second-order valence-electron chi connectivity index (χ2n) is 6.46. The van der Waals surface area contributed by atoms with Crippen molar-refractivity contribution in [2.75, 3.05) is 32.7 Å². The molecule has 2 saturated heterocycles. The van der Waals surface area contributed by atoms with E-state index in [9.17, 15) is 14.9 Å². The normalized spacial score (nSPS) is 20.1. The molecule has 0 bridgehead atoms. The Balaban J connectivity index is 1.44. The van der Waals surface area contributed by atoms with Crippen molar-refractivity contribution < 1.29 is 9.72 Å². The van der Waals surface area contributed by atoms with Gasteiger partial charge in [-0.05, 0) is 49.6 Å². The number of carbonyl (C=O) groups is 1. The van der Waals surface area contributed by atoms with Crippen LogP contribution in [-0.4, -0.2) is 63.1 Å². The molecule has 1 aromatic rings. The molecule has 2 aliphatic rings. The van der Waals surface area contributed by atoms with E-state index in [4.69, 9.17) is 0 Å². The van der Waals surface area contributed by atoms with Gasteiger partial charge in [-0.15, -0.1) is 0 Å². The maximum atomic E-state index is 12.3. The molecule has 1 aromatic heterocycles. The summed E-state index contributed by atoms with van der Waals surface area (Å²) in [5.74, 6) is 0.452. The molecule has 0 atom stereocenters.